The number of carbonyl (C=O) groups excluding carboxylic acids is 1. The maximum atomic E-state index is 12.5. The molecule has 0 fully saturated rings. The molecular formula is C19H31NO2. The van der Waals surface area contributed by atoms with E-state index >= 15 is 0 Å². The van der Waals surface area contributed by atoms with Gasteiger partial charge in [-0.15, -0.1) is 0 Å². The zero-order chi connectivity index (χ0) is 16.4. The van der Waals surface area contributed by atoms with Crippen molar-refractivity contribution in [1.82, 2.24) is 4.90 Å². The molecule has 3 heteroatoms. The molecule has 0 aliphatic carbocycles. The van der Waals surface area contributed by atoms with Crippen molar-refractivity contribution in [2.45, 2.75) is 46.5 Å². The third-order valence-electron chi connectivity index (χ3n) is 4.38. The van der Waals surface area contributed by atoms with E-state index in [9.17, 15) is 4.79 Å². The Morgan fingerprint density at radius 3 is 2.32 bits per heavy atom. The molecule has 1 aromatic carbocycles. The van der Waals surface area contributed by atoms with Gasteiger partial charge in [0.1, 0.15) is 0 Å². The number of ether oxygens (including phenoxy) is 1. The predicted molar refractivity (Wildman–Crippen MR) is 92.0 cm³/mol. The first kappa shape index (κ1) is 18.7. The molecule has 0 bridgehead atoms. The van der Waals surface area contributed by atoms with Gasteiger partial charge < -0.3 is 9.64 Å². The van der Waals surface area contributed by atoms with E-state index in [0.717, 1.165) is 38.0 Å². The van der Waals surface area contributed by atoms with Crippen molar-refractivity contribution in [2.24, 2.45) is 5.92 Å². The first-order chi connectivity index (χ1) is 10.6. The maximum Gasteiger partial charge on any atom is 0.313 e. The summed E-state index contributed by atoms with van der Waals surface area (Å²) in [4.78, 5) is 14.8. The van der Waals surface area contributed by atoms with Crippen LogP contribution in [-0.2, 0) is 9.53 Å². The fraction of sp³-hybridized carbons (Fsp3) is 0.632. The summed E-state index contributed by atoms with van der Waals surface area (Å²) in [7, 11) is 0. The lowest BCUT2D eigenvalue weighted by atomic mass is 9.86. The molecule has 0 N–H and O–H groups in total. The van der Waals surface area contributed by atoms with Crippen LogP contribution in [0.25, 0.3) is 0 Å². The van der Waals surface area contributed by atoms with Crippen LogP contribution in [0, 0.1) is 5.92 Å². The Kier molecular flexibility index (Phi) is 8.83. The molecule has 0 spiro atoms. The monoisotopic (exact) mass is 305 g/mol. The van der Waals surface area contributed by atoms with Crippen molar-refractivity contribution < 1.29 is 9.53 Å². The number of esters is 1. The van der Waals surface area contributed by atoms with Gasteiger partial charge in [-0.25, -0.2) is 0 Å². The molecule has 2 atom stereocenters. The molecule has 0 amide bonds. The Balaban J connectivity index is 2.55. The number of nitrogens with zero attached hydrogens (tertiary/aromatic N) is 1. The first-order valence-electron chi connectivity index (χ1n) is 8.57. The second kappa shape index (κ2) is 10.4. The number of benzene rings is 1. The number of carbonyl (C=O) groups is 1. The Labute approximate surface area is 135 Å². The third kappa shape index (κ3) is 5.80. The van der Waals surface area contributed by atoms with E-state index < -0.39 is 0 Å². The summed E-state index contributed by atoms with van der Waals surface area (Å²) in [5.74, 6) is 0.0532. The second-order valence-corrected chi connectivity index (χ2v) is 5.82. The van der Waals surface area contributed by atoms with E-state index in [1.807, 2.05) is 30.3 Å². The van der Waals surface area contributed by atoms with Gasteiger partial charge in [0.05, 0.1) is 12.5 Å². The van der Waals surface area contributed by atoms with Crippen LogP contribution in [0.15, 0.2) is 30.3 Å². The summed E-state index contributed by atoms with van der Waals surface area (Å²) in [5.41, 5.74) is 1.06. The molecule has 0 saturated heterocycles. The topological polar surface area (TPSA) is 29.5 Å². The van der Waals surface area contributed by atoms with E-state index in [-0.39, 0.29) is 17.8 Å². The van der Waals surface area contributed by atoms with Crippen LogP contribution in [-0.4, -0.2) is 37.1 Å². The van der Waals surface area contributed by atoms with Crippen LogP contribution in [0.4, 0.5) is 0 Å². The minimum absolute atomic E-state index is 0.0832. The minimum atomic E-state index is -0.153. The fourth-order valence-electron chi connectivity index (χ4n) is 2.68. The quantitative estimate of drug-likeness (QED) is 0.481. The third-order valence-corrected chi connectivity index (χ3v) is 4.38. The molecule has 0 radical (unpaired) electrons. The summed E-state index contributed by atoms with van der Waals surface area (Å²) in [6.07, 6.45) is 1.86. The lowest BCUT2D eigenvalue weighted by Gasteiger charge is -2.22. The summed E-state index contributed by atoms with van der Waals surface area (Å²) in [6, 6.07) is 9.99. The van der Waals surface area contributed by atoms with Gasteiger partial charge >= 0.3 is 5.97 Å². The average Bonchev–Trinajstić information content (AvgIpc) is 2.56. The molecule has 124 valence electrons. The Bertz CT molecular complexity index is 415. The molecule has 0 aromatic heterocycles. The second-order valence-electron chi connectivity index (χ2n) is 5.82. The Hall–Kier alpha value is -1.35. The summed E-state index contributed by atoms with van der Waals surface area (Å²) in [6.45, 7) is 12.1. The normalized spacial score (nSPS) is 13.9. The van der Waals surface area contributed by atoms with Crippen LogP contribution in [0.2, 0.25) is 0 Å². The van der Waals surface area contributed by atoms with E-state index in [1.165, 1.54) is 0 Å². The SMILES string of the molecule is CC[C@@H](C)[C@@H](C(=O)OCCCN(CC)CC)c1ccccc1. The van der Waals surface area contributed by atoms with Crippen molar-refractivity contribution in [3.63, 3.8) is 0 Å². The van der Waals surface area contributed by atoms with Crippen molar-refractivity contribution in [2.75, 3.05) is 26.2 Å². The molecule has 0 unspecified atom stereocenters. The van der Waals surface area contributed by atoms with Gasteiger partial charge in [0.25, 0.3) is 0 Å². The van der Waals surface area contributed by atoms with Crippen molar-refractivity contribution in [3.05, 3.63) is 35.9 Å². The van der Waals surface area contributed by atoms with E-state index in [1.54, 1.807) is 0 Å². The molecule has 3 nitrogen and oxygen atoms in total. The van der Waals surface area contributed by atoms with E-state index in [0.29, 0.717) is 6.61 Å². The highest BCUT2D eigenvalue weighted by Crippen LogP contribution is 2.28. The summed E-state index contributed by atoms with van der Waals surface area (Å²) in [5, 5.41) is 0. The predicted octanol–water partition coefficient (Wildman–Crippen LogP) is 4.09. The minimum Gasteiger partial charge on any atom is -0.465 e. The zero-order valence-corrected chi connectivity index (χ0v) is 14.5. The van der Waals surface area contributed by atoms with Gasteiger partial charge in [-0.3, -0.25) is 4.79 Å². The van der Waals surface area contributed by atoms with Crippen LogP contribution < -0.4 is 0 Å². The van der Waals surface area contributed by atoms with Gasteiger partial charge in [-0.05, 0) is 31.0 Å². The van der Waals surface area contributed by atoms with Crippen molar-refractivity contribution >= 4 is 5.97 Å². The number of hydrogen-bond acceptors (Lipinski definition) is 3. The van der Waals surface area contributed by atoms with Crippen molar-refractivity contribution in [1.29, 1.82) is 0 Å². The van der Waals surface area contributed by atoms with Gasteiger partial charge in [-0.2, -0.15) is 0 Å². The van der Waals surface area contributed by atoms with Crippen LogP contribution in [0.3, 0.4) is 0 Å². The average molecular weight is 305 g/mol. The highest BCUT2D eigenvalue weighted by molar-refractivity contribution is 5.78. The maximum absolute atomic E-state index is 12.5. The molecule has 1 rings (SSSR count). The summed E-state index contributed by atoms with van der Waals surface area (Å²) < 4.78 is 5.56. The number of rotatable bonds is 10. The van der Waals surface area contributed by atoms with Gasteiger partial charge in [0.2, 0.25) is 0 Å². The molecule has 0 saturated carbocycles. The standard InChI is InChI=1S/C19H31NO2/c1-5-16(4)18(17-12-9-8-10-13-17)19(21)22-15-11-14-20(6-2)7-3/h8-10,12-13,16,18H,5-7,11,14-15H2,1-4H3/t16-,18-/m1/s1. The molecular weight excluding hydrogens is 274 g/mol. The van der Waals surface area contributed by atoms with Crippen LogP contribution in [0.1, 0.15) is 52.0 Å². The van der Waals surface area contributed by atoms with Gasteiger partial charge in [0, 0.05) is 6.54 Å². The molecule has 0 aliphatic rings. The molecule has 0 heterocycles. The van der Waals surface area contributed by atoms with E-state index in [4.69, 9.17) is 4.74 Å². The number of hydrogen-bond donors (Lipinski definition) is 0. The Morgan fingerprint density at radius 1 is 1.14 bits per heavy atom. The van der Waals surface area contributed by atoms with Gasteiger partial charge in [-0.1, -0.05) is 64.4 Å². The highest BCUT2D eigenvalue weighted by atomic mass is 16.5. The zero-order valence-electron chi connectivity index (χ0n) is 14.5. The summed E-state index contributed by atoms with van der Waals surface area (Å²) >= 11 is 0. The molecule has 22 heavy (non-hydrogen) atoms. The smallest absolute Gasteiger partial charge is 0.313 e. The lowest BCUT2D eigenvalue weighted by Crippen LogP contribution is -2.26. The molecule has 1 aromatic rings. The van der Waals surface area contributed by atoms with Crippen LogP contribution >= 0.6 is 0 Å². The fourth-order valence-corrected chi connectivity index (χ4v) is 2.68. The van der Waals surface area contributed by atoms with Crippen molar-refractivity contribution in [3.8, 4) is 0 Å². The van der Waals surface area contributed by atoms with Crippen LogP contribution in [0.5, 0.6) is 0 Å². The van der Waals surface area contributed by atoms with E-state index in [2.05, 4.69) is 32.6 Å². The largest absolute Gasteiger partial charge is 0.465 e. The van der Waals surface area contributed by atoms with Gasteiger partial charge in [0.15, 0.2) is 0 Å². The first-order valence-corrected chi connectivity index (χ1v) is 8.57. The Morgan fingerprint density at radius 2 is 1.77 bits per heavy atom. The lowest BCUT2D eigenvalue weighted by molar-refractivity contribution is -0.147. The highest BCUT2D eigenvalue weighted by Gasteiger charge is 2.27. The molecule has 0 aliphatic heterocycles.